The molecule has 4 nitrogen and oxygen atoms in total. The summed E-state index contributed by atoms with van der Waals surface area (Å²) >= 11 is 6.11. The fraction of sp³-hybridized carbons (Fsp3) is 0.533. The zero-order chi connectivity index (χ0) is 15.6. The summed E-state index contributed by atoms with van der Waals surface area (Å²) in [5.74, 6) is 0.101. The average Bonchev–Trinajstić information content (AvgIpc) is 2.87. The van der Waals surface area contributed by atoms with Crippen LogP contribution in [0.3, 0.4) is 0 Å². The van der Waals surface area contributed by atoms with Gasteiger partial charge < -0.3 is 5.73 Å². The van der Waals surface area contributed by atoms with Gasteiger partial charge in [-0.15, -0.1) is 0 Å². The molecule has 2 N–H and O–H groups in total. The maximum atomic E-state index is 11.6. The Morgan fingerprint density at radius 2 is 2.00 bits per heavy atom. The summed E-state index contributed by atoms with van der Waals surface area (Å²) in [4.78, 5) is 11.5. The van der Waals surface area contributed by atoms with E-state index in [4.69, 9.17) is 17.3 Å². The Labute approximate surface area is 130 Å². The first kappa shape index (κ1) is 16.3. The number of hydrogen-bond acceptors (Lipinski definition) is 3. The van der Waals surface area contributed by atoms with Crippen molar-refractivity contribution in [3.63, 3.8) is 0 Å². The van der Waals surface area contributed by atoms with Gasteiger partial charge in [0.25, 0.3) is 0 Å². The minimum atomic E-state index is -3.34. The summed E-state index contributed by atoms with van der Waals surface area (Å²) < 4.78 is 23.2. The van der Waals surface area contributed by atoms with E-state index in [2.05, 4.69) is 0 Å². The normalized spacial score (nSPS) is 17.8. The van der Waals surface area contributed by atoms with Gasteiger partial charge in [-0.3, -0.25) is 4.79 Å². The summed E-state index contributed by atoms with van der Waals surface area (Å²) in [6, 6.07) is 4.95. The van der Waals surface area contributed by atoms with Crippen molar-refractivity contribution in [1.82, 2.24) is 0 Å². The molecule has 0 spiro atoms. The van der Waals surface area contributed by atoms with Crippen molar-refractivity contribution in [3.05, 3.63) is 28.8 Å². The van der Waals surface area contributed by atoms with Gasteiger partial charge in [0.15, 0.2) is 9.84 Å². The van der Waals surface area contributed by atoms with Crippen LogP contribution in [0, 0.1) is 5.92 Å². The number of hydrogen-bond donors (Lipinski definition) is 1. The van der Waals surface area contributed by atoms with Gasteiger partial charge in [-0.05, 0) is 42.4 Å². The molecule has 1 aromatic rings. The van der Waals surface area contributed by atoms with Crippen molar-refractivity contribution >= 4 is 27.3 Å². The van der Waals surface area contributed by atoms with E-state index >= 15 is 0 Å². The standard InChI is InChI=1S/C15H20ClNO3S/c1-21(19,20)14-7-6-11(8-13(14)16)12(9-15(17)18)10-4-2-3-5-10/h6-8,10,12H,2-5,9H2,1H3,(H2,17,18)/t12-/m1/s1. The fourth-order valence-corrected chi connectivity index (χ4v) is 4.52. The molecule has 1 fully saturated rings. The number of rotatable bonds is 5. The van der Waals surface area contributed by atoms with E-state index in [1.54, 1.807) is 12.1 Å². The molecule has 6 heteroatoms. The monoisotopic (exact) mass is 329 g/mol. The number of carbonyl (C=O) groups excluding carboxylic acids is 1. The van der Waals surface area contributed by atoms with Crippen LogP contribution in [-0.2, 0) is 14.6 Å². The first-order chi connectivity index (χ1) is 9.79. The molecule has 1 atom stereocenters. The molecule has 116 valence electrons. The molecular weight excluding hydrogens is 310 g/mol. The quantitative estimate of drug-likeness (QED) is 0.902. The number of halogens is 1. The van der Waals surface area contributed by atoms with Crippen LogP contribution in [0.25, 0.3) is 0 Å². The van der Waals surface area contributed by atoms with Gasteiger partial charge in [-0.25, -0.2) is 8.42 Å². The third-order valence-corrected chi connectivity index (χ3v) is 5.75. The molecule has 21 heavy (non-hydrogen) atoms. The van der Waals surface area contributed by atoms with Gasteiger partial charge in [0.05, 0.1) is 9.92 Å². The molecule has 1 aliphatic carbocycles. The number of amides is 1. The molecule has 0 heterocycles. The number of carbonyl (C=O) groups is 1. The van der Waals surface area contributed by atoms with E-state index in [1.807, 2.05) is 0 Å². The van der Waals surface area contributed by atoms with Crippen molar-refractivity contribution in [2.24, 2.45) is 11.7 Å². The van der Waals surface area contributed by atoms with E-state index in [0.29, 0.717) is 5.92 Å². The molecule has 1 saturated carbocycles. The zero-order valence-electron chi connectivity index (χ0n) is 12.0. The largest absolute Gasteiger partial charge is 0.370 e. The van der Waals surface area contributed by atoms with Crippen molar-refractivity contribution in [3.8, 4) is 0 Å². The van der Waals surface area contributed by atoms with Crippen LogP contribution in [0.4, 0.5) is 0 Å². The molecule has 0 aromatic heterocycles. The SMILES string of the molecule is CS(=O)(=O)c1ccc([C@H](CC(N)=O)C2CCCC2)cc1Cl. The lowest BCUT2D eigenvalue weighted by Crippen LogP contribution is -2.20. The van der Waals surface area contributed by atoms with Crippen LogP contribution in [0.2, 0.25) is 5.02 Å². The Bertz CT molecular complexity index is 636. The summed E-state index contributed by atoms with van der Waals surface area (Å²) in [6.45, 7) is 0. The van der Waals surface area contributed by atoms with E-state index in [-0.39, 0.29) is 28.2 Å². The predicted molar refractivity (Wildman–Crippen MR) is 83.1 cm³/mol. The van der Waals surface area contributed by atoms with E-state index in [1.165, 1.54) is 6.07 Å². The van der Waals surface area contributed by atoms with Gasteiger partial charge >= 0.3 is 0 Å². The second-order valence-electron chi connectivity index (χ2n) is 5.78. The van der Waals surface area contributed by atoms with Crippen LogP contribution in [0.15, 0.2) is 23.1 Å². The highest BCUT2D eigenvalue weighted by atomic mass is 35.5. The highest BCUT2D eigenvalue weighted by Gasteiger charge is 2.28. The molecule has 1 amide bonds. The van der Waals surface area contributed by atoms with Crippen LogP contribution in [0.5, 0.6) is 0 Å². The Morgan fingerprint density at radius 1 is 1.38 bits per heavy atom. The highest BCUT2D eigenvalue weighted by Crippen LogP contribution is 2.40. The predicted octanol–water partition coefficient (Wildman–Crippen LogP) is 2.89. The Morgan fingerprint density at radius 3 is 2.48 bits per heavy atom. The van der Waals surface area contributed by atoms with Crippen LogP contribution < -0.4 is 5.73 Å². The molecule has 1 aliphatic rings. The first-order valence-electron chi connectivity index (χ1n) is 7.07. The number of benzene rings is 1. The second kappa shape index (κ2) is 6.36. The molecule has 0 unspecified atom stereocenters. The maximum absolute atomic E-state index is 11.6. The number of sulfone groups is 1. The van der Waals surface area contributed by atoms with Gasteiger partial charge in [0, 0.05) is 12.7 Å². The Hall–Kier alpha value is -1.07. The molecule has 0 saturated heterocycles. The molecule has 1 aromatic carbocycles. The van der Waals surface area contributed by atoms with Crippen LogP contribution in [0.1, 0.15) is 43.6 Å². The molecule has 0 aliphatic heterocycles. The van der Waals surface area contributed by atoms with Gasteiger partial charge in [0.1, 0.15) is 0 Å². The van der Waals surface area contributed by atoms with Gasteiger partial charge in [-0.2, -0.15) is 0 Å². The summed E-state index contributed by atoms with van der Waals surface area (Å²) in [7, 11) is -3.34. The van der Waals surface area contributed by atoms with Crippen molar-refractivity contribution in [2.45, 2.75) is 42.9 Å². The van der Waals surface area contributed by atoms with Crippen molar-refractivity contribution in [2.75, 3.05) is 6.26 Å². The Balaban J connectivity index is 2.36. The molecule has 2 rings (SSSR count). The lowest BCUT2D eigenvalue weighted by Gasteiger charge is -2.23. The van der Waals surface area contributed by atoms with Crippen LogP contribution >= 0.6 is 11.6 Å². The minimum absolute atomic E-state index is 0.0242. The number of nitrogens with two attached hydrogens (primary N) is 1. The average molecular weight is 330 g/mol. The lowest BCUT2D eigenvalue weighted by atomic mass is 9.82. The van der Waals surface area contributed by atoms with E-state index < -0.39 is 9.84 Å². The van der Waals surface area contributed by atoms with Gasteiger partial charge in [0.2, 0.25) is 5.91 Å². The fourth-order valence-electron chi connectivity index (χ4n) is 3.18. The van der Waals surface area contributed by atoms with Crippen LogP contribution in [-0.4, -0.2) is 20.6 Å². The first-order valence-corrected chi connectivity index (χ1v) is 9.34. The second-order valence-corrected chi connectivity index (χ2v) is 8.17. The maximum Gasteiger partial charge on any atom is 0.218 e. The van der Waals surface area contributed by atoms with Crippen molar-refractivity contribution in [1.29, 1.82) is 0 Å². The summed E-state index contributed by atoms with van der Waals surface area (Å²) in [6.07, 6.45) is 5.88. The van der Waals surface area contributed by atoms with E-state index in [0.717, 1.165) is 37.5 Å². The Kier molecular flexibility index (Phi) is 4.94. The lowest BCUT2D eigenvalue weighted by molar-refractivity contribution is -0.118. The third kappa shape index (κ3) is 3.98. The molecule has 0 radical (unpaired) electrons. The van der Waals surface area contributed by atoms with Crippen molar-refractivity contribution < 1.29 is 13.2 Å². The highest BCUT2D eigenvalue weighted by molar-refractivity contribution is 7.90. The molecule has 0 bridgehead atoms. The van der Waals surface area contributed by atoms with Gasteiger partial charge in [-0.1, -0.05) is 30.5 Å². The topological polar surface area (TPSA) is 77.2 Å². The third-order valence-electron chi connectivity index (χ3n) is 4.17. The smallest absolute Gasteiger partial charge is 0.218 e. The number of primary amides is 1. The minimum Gasteiger partial charge on any atom is -0.370 e. The summed E-state index contributed by atoms with van der Waals surface area (Å²) in [5, 5.41) is 0.211. The molecular formula is C15H20ClNO3S. The summed E-state index contributed by atoms with van der Waals surface area (Å²) in [5.41, 5.74) is 6.27. The van der Waals surface area contributed by atoms with E-state index in [9.17, 15) is 13.2 Å². The zero-order valence-corrected chi connectivity index (χ0v) is 13.6.